The van der Waals surface area contributed by atoms with Crippen molar-refractivity contribution in [1.29, 1.82) is 0 Å². The Kier molecular flexibility index (Phi) is 5.71. The van der Waals surface area contributed by atoms with Crippen molar-refractivity contribution in [3.63, 3.8) is 0 Å². The van der Waals surface area contributed by atoms with E-state index in [1.54, 1.807) is 30.3 Å². The number of ether oxygens (including phenoxy) is 2. The first-order valence-corrected chi connectivity index (χ1v) is 9.95. The lowest BCUT2D eigenvalue weighted by atomic mass is 10.1. The number of hydrogen-bond acceptors (Lipinski definition) is 5. The van der Waals surface area contributed by atoms with Crippen LogP contribution < -0.4 is 15.0 Å². The smallest absolute Gasteiger partial charge is 0.337 e. The molecule has 31 heavy (non-hydrogen) atoms. The van der Waals surface area contributed by atoms with Crippen LogP contribution in [0.25, 0.3) is 6.08 Å². The van der Waals surface area contributed by atoms with E-state index in [1.165, 1.54) is 13.2 Å². The van der Waals surface area contributed by atoms with Crippen molar-refractivity contribution in [3.05, 3.63) is 83.9 Å². The van der Waals surface area contributed by atoms with E-state index in [0.29, 0.717) is 11.3 Å². The average Bonchev–Trinajstić information content (AvgIpc) is 2.81. The molecule has 0 radical (unpaired) electrons. The molecule has 3 aromatic carbocycles. The number of fused-ring (bicyclic) bond motifs is 2. The molecule has 1 aliphatic rings. The number of anilines is 3. The lowest BCUT2D eigenvalue weighted by Crippen LogP contribution is -2.20. The Bertz CT molecular complexity index is 1150. The molecular weight excluding hydrogens is 392 g/mol. The second kappa shape index (κ2) is 8.75. The Morgan fingerprint density at radius 3 is 2.48 bits per heavy atom. The number of nitrogens with zero attached hydrogens (tertiary/aromatic N) is 1. The molecule has 0 fully saturated rings. The maximum atomic E-state index is 12.3. The fourth-order valence-electron chi connectivity index (χ4n) is 3.46. The summed E-state index contributed by atoms with van der Waals surface area (Å²) in [5.74, 6) is 0.870. The van der Waals surface area contributed by atoms with Crippen LogP contribution >= 0.6 is 0 Å². The SMILES string of the molecule is CCN1c2ccccc2Oc2cc(/C=C/C(=O)Nc3ccc(C(=O)OC)cc3)ccc21. The zero-order valence-corrected chi connectivity index (χ0v) is 17.3. The van der Waals surface area contributed by atoms with E-state index in [1.807, 2.05) is 42.5 Å². The van der Waals surface area contributed by atoms with Gasteiger partial charge in [0.1, 0.15) is 0 Å². The Labute approximate surface area is 180 Å². The van der Waals surface area contributed by atoms with Gasteiger partial charge in [0.05, 0.1) is 24.0 Å². The van der Waals surface area contributed by atoms with Crippen LogP contribution in [0.15, 0.2) is 72.8 Å². The standard InChI is InChI=1S/C25H22N2O4/c1-3-27-20-6-4-5-7-22(20)31-23-16-17(8-14-21(23)27)9-15-24(28)26-19-12-10-18(11-13-19)25(29)30-2/h4-16H,3H2,1-2H3,(H,26,28)/b15-9+. The number of carbonyl (C=O) groups excluding carboxylic acids is 2. The van der Waals surface area contributed by atoms with E-state index in [-0.39, 0.29) is 5.91 Å². The summed E-state index contributed by atoms with van der Waals surface area (Å²) in [6.07, 6.45) is 3.20. The van der Waals surface area contributed by atoms with Crippen molar-refractivity contribution >= 4 is 35.0 Å². The van der Waals surface area contributed by atoms with Crippen LogP contribution in [-0.2, 0) is 9.53 Å². The van der Waals surface area contributed by atoms with Crippen LogP contribution in [0, 0.1) is 0 Å². The molecule has 0 aromatic heterocycles. The van der Waals surface area contributed by atoms with Crippen molar-refractivity contribution < 1.29 is 19.1 Å². The summed E-state index contributed by atoms with van der Waals surface area (Å²) in [6.45, 7) is 2.92. The van der Waals surface area contributed by atoms with Crippen LogP contribution in [0.2, 0.25) is 0 Å². The molecule has 4 rings (SSSR count). The molecule has 156 valence electrons. The zero-order valence-electron chi connectivity index (χ0n) is 17.3. The van der Waals surface area contributed by atoms with Gasteiger partial charge in [-0.3, -0.25) is 4.79 Å². The summed E-state index contributed by atoms with van der Waals surface area (Å²) in [5.41, 5.74) is 3.90. The van der Waals surface area contributed by atoms with Gasteiger partial charge in [-0.1, -0.05) is 18.2 Å². The van der Waals surface area contributed by atoms with Crippen LogP contribution in [0.1, 0.15) is 22.8 Å². The number of hydrogen-bond donors (Lipinski definition) is 1. The topological polar surface area (TPSA) is 67.9 Å². The van der Waals surface area contributed by atoms with Crippen molar-refractivity contribution in [1.82, 2.24) is 0 Å². The highest BCUT2D eigenvalue weighted by Crippen LogP contribution is 2.46. The maximum absolute atomic E-state index is 12.3. The first-order valence-electron chi connectivity index (χ1n) is 9.95. The van der Waals surface area contributed by atoms with Gasteiger partial charge in [0.2, 0.25) is 5.91 Å². The fraction of sp³-hybridized carbons (Fsp3) is 0.120. The van der Waals surface area contributed by atoms with Gasteiger partial charge in [-0.2, -0.15) is 0 Å². The number of para-hydroxylation sites is 2. The van der Waals surface area contributed by atoms with Crippen molar-refractivity contribution in [2.24, 2.45) is 0 Å². The molecule has 0 spiro atoms. The third kappa shape index (κ3) is 4.28. The molecule has 3 aromatic rings. The van der Waals surface area contributed by atoms with Gasteiger partial charge < -0.3 is 19.7 Å². The monoisotopic (exact) mass is 414 g/mol. The fourth-order valence-corrected chi connectivity index (χ4v) is 3.46. The molecule has 1 N–H and O–H groups in total. The van der Waals surface area contributed by atoms with E-state index in [9.17, 15) is 9.59 Å². The molecular formula is C25H22N2O4. The normalized spacial score (nSPS) is 12.0. The predicted octanol–water partition coefficient (Wildman–Crippen LogP) is 5.39. The average molecular weight is 414 g/mol. The summed E-state index contributed by atoms with van der Waals surface area (Å²) < 4.78 is 10.7. The van der Waals surface area contributed by atoms with Gasteiger partial charge in [-0.05, 0) is 67.1 Å². The number of carbonyl (C=O) groups is 2. The summed E-state index contributed by atoms with van der Waals surface area (Å²) in [5, 5.41) is 2.77. The summed E-state index contributed by atoms with van der Waals surface area (Å²) in [4.78, 5) is 26.0. The molecule has 0 aliphatic carbocycles. The minimum absolute atomic E-state index is 0.273. The largest absolute Gasteiger partial charge is 0.465 e. The lowest BCUT2D eigenvalue weighted by Gasteiger charge is -2.32. The van der Waals surface area contributed by atoms with Crippen LogP contribution in [0.3, 0.4) is 0 Å². The molecule has 0 atom stereocenters. The second-order valence-electron chi connectivity index (χ2n) is 6.93. The van der Waals surface area contributed by atoms with Crippen LogP contribution in [-0.4, -0.2) is 25.5 Å². The highest BCUT2D eigenvalue weighted by Gasteiger charge is 2.22. The first kappa shape index (κ1) is 20.2. The highest BCUT2D eigenvalue weighted by molar-refractivity contribution is 6.02. The van der Waals surface area contributed by atoms with E-state index in [2.05, 4.69) is 21.9 Å². The van der Waals surface area contributed by atoms with E-state index < -0.39 is 5.97 Å². The number of nitrogens with one attached hydrogen (secondary N) is 1. The quantitative estimate of drug-likeness (QED) is 0.448. The molecule has 0 saturated carbocycles. The number of methoxy groups -OCH3 is 1. The minimum atomic E-state index is -0.420. The molecule has 0 saturated heterocycles. The Morgan fingerprint density at radius 1 is 1.00 bits per heavy atom. The third-order valence-corrected chi connectivity index (χ3v) is 4.97. The van der Waals surface area contributed by atoms with Crippen molar-refractivity contribution in [3.8, 4) is 11.5 Å². The maximum Gasteiger partial charge on any atom is 0.337 e. The number of benzene rings is 3. The van der Waals surface area contributed by atoms with Crippen LogP contribution in [0.5, 0.6) is 11.5 Å². The van der Waals surface area contributed by atoms with Gasteiger partial charge in [-0.25, -0.2) is 4.79 Å². The molecule has 1 aliphatic heterocycles. The number of rotatable bonds is 5. The molecule has 0 bridgehead atoms. The van der Waals surface area contributed by atoms with E-state index in [4.69, 9.17) is 4.74 Å². The lowest BCUT2D eigenvalue weighted by molar-refractivity contribution is -0.111. The first-order chi connectivity index (χ1) is 15.1. The summed E-state index contributed by atoms with van der Waals surface area (Å²) in [7, 11) is 1.33. The Hall–Kier alpha value is -4.06. The molecule has 6 nitrogen and oxygen atoms in total. The third-order valence-electron chi connectivity index (χ3n) is 4.97. The molecule has 1 amide bonds. The summed E-state index contributed by atoms with van der Waals surface area (Å²) in [6, 6.07) is 20.3. The number of amides is 1. The highest BCUT2D eigenvalue weighted by atomic mass is 16.5. The minimum Gasteiger partial charge on any atom is -0.465 e. The Balaban J connectivity index is 1.47. The molecule has 0 unspecified atom stereocenters. The molecule has 6 heteroatoms. The molecule has 1 heterocycles. The van der Waals surface area contributed by atoms with Crippen LogP contribution in [0.4, 0.5) is 17.1 Å². The van der Waals surface area contributed by atoms with Gasteiger partial charge in [0.15, 0.2) is 11.5 Å². The van der Waals surface area contributed by atoms with Crippen molar-refractivity contribution in [2.45, 2.75) is 6.92 Å². The van der Waals surface area contributed by atoms with Crippen molar-refractivity contribution in [2.75, 3.05) is 23.9 Å². The van der Waals surface area contributed by atoms with E-state index >= 15 is 0 Å². The predicted molar refractivity (Wildman–Crippen MR) is 121 cm³/mol. The summed E-state index contributed by atoms with van der Waals surface area (Å²) >= 11 is 0. The zero-order chi connectivity index (χ0) is 21.8. The van der Waals surface area contributed by atoms with Gasteiger partial charge in [-0.15, -0.1) is 0 Å². The van der Waals surface area contributed by atoms with E-state index in [0.717, 1.165) is 35.0 Å². The Morgan fingerprint density at radius 2 is 1.74 bits per heavy atom. The van der Waals surface area contributed by atoms with Gasteiger partial charge in [0, 0.05) is 18.3 Å². The van der Waals surface area contributed by atoms with Gasteiger partial charge in [0.25, 0.3) is 0 Å². The van der Waals surface area contributed by atoms with Gasteiger partial charge >= 0.3 is 5.97 Å². The number of esters is 1. The second-order valence-corrected chi connectivity index (χ2v) is 6.93.